The van der Waals surface area contributed by atoms with Gasteiger partial charge in [0.25, 0.3) is 5.91 Å². The monoisotopic (exact) mass is 623 g/mol. The molecule has 0 radical (unpaired) electrons. The smallest absolute Gasteiger partial charge is 0.323 e. The first-order chi connectivity index (χ1) is 21.0. The van der Waals surface area contributed by atoms with Crippen molar-refractivity contribution >= 4 is 47.6 Å². The van der Waals surface area contributed by atoms with Gasteiger partial charge >= 0.3 is 6.03 Å². The minimum atomic E-state index is -0.379. The highest BCUT2D eigenvalue weighted by atomic mass is 35.5. The third kappa shape index (κ3) is 7.72. The molecule has 0 aliphatic carbocycles. The van der Waals surface area contributed by atoms with E-state index in [0.29, 0.717) is 74.2 Å². The summed E-state index contributed by atoms with van der Waals surface area (Å²) in [6, 6.07) is 14.0. The van der Waals surface area contributed by atoms with Crippen LogP contribution in [0.1, 0.15) is 10.4 Å². The van der Waals surface area contributed by atoms with Crippen molar-refractivity contribution in [2.45, 2.75) is 0 Å². The van der Waals surface area contributed by atoms with E-state index < -0.39 is 0 Å². The predicted molar refractivity (Wildman–Crippen MR) is 171 cm³/mol. The number of benzene rings is 2. The van der Waals surface area contributed by atoms with Gasteiger partial charge in [0.05, 0.1) is 26.4 Å². The zero-order valence-corrected chi connectivity index (χ0v) is 25.6. The molecule has 14 heteroatoms. The summed E-state index contributed by atoms with van der Waals surface area (Å²) in [5.74, 6) is 1.84. The number of rotatable bonds is 6. The van der Waals surface area contributed by atoms with Crippen molar-refractivity contribution in [2.75, 3.05) is 106 Å². The van der Waals surface area contributed by atoms with Gasteiger partial charge in [-0.25, -0.2) is 4.79 Å². The number of carbonyl (C=O) groups is 2. The number of aromatic nitrogens is 3. The molecule has 2 aromatic carbocycles. The Morgan fingerprint density at radius 1 is 0.659 bits per heavy atom. The number of piperazine rings is 1. The molecule has 3 aromatic rings. The van der Waals surface area contributed by atoms with Crippen LogP contribution in [0, 0.1) is 0 Å². The molecule has 0 unspecified atom stereocenters. The van der Waals surface area contributed by atoms with Crippen LogP contribution in [0.2, 0.25) is 0 Å². The molecule has 0 atom stereocenters. The van der Waals surface area contributed by atoms with E-state index in [2.05, 4.69) is 32.4 Å². The van der Waals surface area contributed by atoms with Crippen molar-refractivity contribution in [1.29, 1.82) is 0 Å². The lowest BCUT2D eigenvalue weighted by Crippen LogP contribution is -2.47. The van der Waals surface area contributed by atoms with E-state index in [0.717, 1.165) is 44.8 Å². The largest absolute Gasteiger partial charge is 0.378 e. The number of morpholine rings is 2. The zero-order valence-electron chi connectivity index (χ0n) is 24.8. The number of halogens is 1. The summed E-state index contributed by atoms with van der Waals surface area (Å²) in [7, 11) is 2.06. The summed E-state index contributed by atoms with van der Waals surface area (Å²) in [6.07, 6.45) is 0. The van der Waals surface area contributed by atoms with Gasteiger partial charge < -0.3 is 39.7 Å². The minimum absolute atomic E-state index is 0. The second-order valence-corrected chi connectivity index (χ2v) is 10.8. The van der Waals surface area contributed by atoms with E-state index in [1.54, 1.807) is 24.3 Å². The standard InChI is InChI=1S/C30H37N9O4.ClH/c1-36-10-12-37(13-11-36)27(40)23-4-8-25(9-5-23)32-30(41)31-24-6-2-22(3-7-24)26-33-28(38-14-18-42-19-15-38)35-29(34-26)39-16-20-43-21-17-39;/h2-9H,10-21H2,1H3,(H2,31,32,41);1H. The normalized spacial score (nSPS) is 17.5. The van der Waals surface area contributed by atoms with Gasteiger partial charge in [-0.3, -0.25) is 4.79 Å². The van der Waals surface area contributed by atoms with Crippen molar-refractivity contribution in [3.63, 3.8) is 0 Å². The summed E-state index contributed by atoms with van der Waals surface area (Å²) in [5, 5.41) is 5.69. The number of nitrogens with zero attached hydrogens (tertiary/aromatic N) is 7. The number of urea groups is 1. The molecule has 1 aromatic heterocycles. The number of ether oxygens (including phenoxy) is 2. The van der Waals surface area contributed by atoms with Gasteiger partial charge in [0.15, 0.2) is 5.82 Å². The second kappa shape index (κ2) is 14.6. The Balaban J connectivity index is 0.00000384. The average Bonchev–Trinajstić information content (AvgIpc) is 3.06. The molecule has 44 heavy (non-hydrogen) atoms. The van der Waals surface area contributed by atoms with Crippen LogP contribution in [0.4, 0.5) is 28.1 Å². The van der Waals surface area contributed by atoms with Crippen LogP contribution in [0.5, 0.6) is 0 Å². The molecule has 234 valence electrons. The van der Waals surface area contributed by atoms with Gasteiger partial charge in [-0.1, -0.05) is 0 Å². The number of hydrogen-bond acceptors (Lipinski definition) is 10. The van der Waals surface area contributed by atoms with Gasteiger partial charge in [-0.2, -0.15) is 15.0 Å². The van der Waals surface area contributed by atoms with Crippen molar-refractivity contribution in [3.05, 3.63) is 54.1 Å². The maximum absolute atomic E-state index is 12.8. The summed E-state index contributed by atoms with van der Waals surface area (Å²) in [6.45, 7) is 8.59. The van der Waals surface area contributed by atoms with Gasteiger partial charge in [0, 0.05) is 74.9 Å². The fourth-order valence-electron chi connectivity index (χ4n) is 5.18. The summed E-state index contributed by atoms with van der Waals surface area (Å²) < 4.78 is 11.0. The van der Waals surface area contributed by atoms with Crippen molar-refractivity contribution in [3.8, 4) is 11.4 Å². The van der Waals surface area contributed by atoms with E-state index in [4.69, 9.17) is 24.4 Å². The Morgan fingerprint density at radius 2 is 1.14 bits per heavy atom. The van der Waals surface area contributed by atoms with Crippen LogP contribution in [-0.4, -0.2) is 123 Å². The molecule has 2 N–H and O–H groups in total. The number of likely N-dealkylation sites (N-methyl/N-ethyl adjacent to an activating group) is 1. The third-order valence-corrected chi connectivity index (χ3v) is 7.78. The fourth-order valence-corrected chi connectivity index (χ4v) is 5.18. The molecule has 0 saturated carbocycles. The number of carbonyl (C=O) groups excluding carboxylic acids is 2. The molecular formula is C30H38ClN9O4. The maximum Gasteiger partial charge on any atom is 0.323 e. The van der Waals surface area contributed by atoms with E-state index in [1.165, 1.54) is 0 Å². The van der Waals surface area contributed by atoms with Crippen molar-refractivity contribution in [2.24, 2.45) is 0 Å². The quantitative estimate of drug-likeness (QED) is 0.423. The third-order valence-electron chi connectivity index (χ3n) is 7.78. The first-order valence-electron chi connectivity index (χ1n) is 14.7. The lowest BCUT2D eigenvalue weighted by Gasteiger charge is -2.32. The zero-order chi connectivity index (χ0) is 29.6. The maximum atomic E-state index is 12.8. The first kappa shape index (κ1) is 31.4. The van der Waals surface area contributed by atoms with E-state index in [9.17, 15) is 9.59 Å². The van der Waals surface area contributed by atoms with Crippen LogP contribution < -0.4 is 20.4 Å². The highest BCUT2D eigenvalue weighted by Gasteiger charge is 2.22. The highest BCUT2D eigenvalue weighted by molar-refractivity contribution is 6.00. The molecule has 6 rings (SSSR count). The van der Waals surface area contributed by atoms with Crippen LogP contribution in [0.15, 0.2) is 48.5 Å². The topological polar surface area (TPSA) is 128 Å². The van der Waals surface area contributed by atoms with E-state index in [1.807, 2.05) is 29.2 Å². The molecule has 3 fully saturated rings. The molecule has 3 amide bonds. The Bertz CT molecular complexity index is 1370. The minimum Gasteiger partial charge on any atom is -0.378 e. The van der Waals surface area contributed by atoms with Crippen LogP contribution >= 0.6 is 12.4 Å². The Kier molecular flexibility index (Phi) is 10.4. The summed E-state index contributed by atoms with van der Waals surface area (Å²) in [4.78, 5) is 48.1. The summed E-state index contributed by atoms with van der Waals surface area (Å²) in [5.41, 5.74) is 2.65. The van der Waals surface area contributed by atoms with E-state index in [-0.39, 0.29) is 24.3 Å². The van der Waals surface area contributed by atoms with Crippen LogP contribution in [-0.2, 0) is 9.47 Å². The van der Waals surface area contributed by atoms with E-state index >= 15 is 0 Å². The Hall–Kier alpha value is -4.04. The van der Waals surface area contributed by atoms with Gasteiger partial charge in [-0.05, 0) is 55.6 Å². The summed E-state index contributed by atoms with van der Waals surface area (Å²) >= 11 is 0. The average molecular weight is 624 g/mol. The number of hydrogen-bond donors (Lipinski definition) is 2. The molecule has 3 aliphatic rings. The molecule has 4 heterocycles. The first-order valence-corrected chi connectivity index (χ1v) is 14.7. The van der Waals surface area contributed by atoms with Crippen LogP contribution in [0.25, 0.3) is 11.4 Å². The lowest BCUT2D eigenvalue weighted by molar-refractivity contribution is 0.0664. The fraction of sp³-hybridized carbons (Fsp3) is 0.433. The SMILES string of the molecule is CN1CCN(C(=O)c2ccc(NC(=O)Nc3ccc(-c4nc(N5CCOCC5)nc(N5CCOCC5)n4)cc3)cc2)CC1.Cl. The van der Waals surface area contributed by atoms with Gasteiger partial charge in [0.2, 0.25) is 11.9 Å². The predicted octanol–water partition coefficient (Wildman–Crippen LogP) is 2.67. The highest BCUT2D eigenvalue weighted by Crippen LogP contribution is 2.24. The molecular weight excluding hydrogens is 586 g/mol. The van der Waals surface area contributed by atoms with Gasteiger partial charge in [-0.15, -0.1) is 12.4 Å². The van der Waals surface area contributed by atoms with Crippen LogP contribution in [0.3, 0.4) is 0 Å². The Morgan fingerprint density at radius 3 is 1.64 bits per heavy atom. The molecule has 0 bridgehead atoms. The Labute approximate surface area is 263 Å². The molecule has 3 saturated heterocycles. The van der Waals surface area contributed by atoms with Crippen molar-refractivity contribution in [1.82, 2.24) is 24.8 Å². The second-order valence-electron chi connectivity index (χ2n) is 10.8. The molecule has 13 nitrogen and oxygen atoms in total. The van der Waals surface area contributed by atoms with Gasteiger partial charge in [0.1, 0.15) is 0 Å². The van der Waals surface area contributed by atoms with Crippen molar-refractivity contribution < 1.29 is 19.1 Å². The number of amides is 3. The number of anilines is 4. The number of nitrogens with one attached hydrogen (secondary N) is 2. The lowest BCUT2D eigenvalue weighted by atomic mass is 10.1. The molecule has 0 spiro atoms. The molecule has 3 aliphatic heterocycles.